The summed E-state index contributed by atoms with van der Waals surface area (Å²) < 4.78 is 2.43. The first-order chi connectivity index (χ1) is 22.7. The molecule has 2 saturated carbocycles. The summed E-state index contributed by atoms with van der Waals surface area (Å²) in [5, 5.41) is 11.2. The third-order valence-electron chi connectivity index (χ3n) is 10.7. The number of anilines is 2. The van der Waals surface area contributed by atoms with Crippen LogP contribution >= 0.6 is 0 Å². The maximum absolute atomic E-state index is 13.6. The van der Waals surface area contributed by atoms with Crippen molar-refractivity contribution in [3.05, 3.63) is 121 Å². The molecular formula is C42H47N2O2+. The highest BCUT2D eigenvalue weighted by Gasteiger charge is 2.44. The Morgan fingerprint density at radius 1 is 0.674 bits per heavy atom. The van der Waals surface area contributed by atoms with Gasteiger partial charge in [-0.1, -0.05) is 99.2 Å². The molecule has 0 amide bonds. The van der Waals surface area contributed by atoms with Crippen molar-refractivity contribution >= 4 is 34.1 Å². The first-order valence-electron chi connectivity index (χ1n) is 17.6. The van der Waals surface area contributed by atoms with Crippen LogP contribution in [0.1, 0.15) is 69.8 Å². The van der Waals surface area contributed by atoms with E-state index in [4.69, 9.17) is 0 Å². The molecule has 0 heterocycles. The number of benzene rings is 3. The lowest BCUT2D eigenvalue weighted by Crippen LogP contribution is -2.36. The Balaban J connectivity index is 1.08. The molecule has 4 aliphatic rings. The summed E-state index contributed by atoms with van der Waals surface area (Å²) in [6, 6.07) is 29.5. The first-order valence-corrected chi connectivity index (χ1v) is 17.6. The van der Waals surface area contributed by atoms with Crippen molar-refractivity contribution in [1.29, 1.82) is 0 Å². The Hall–Kier alpha value is -4.18. The number of rotatable bonds is 9. The van der Waals surface area contributed by atoms with Gasteiger partial charge in [-0.15, -0.1) is 0 Å². The lowest BCUT2D eigenvalue weighted by atomic mass is 9.71. The number of allylic oxidation sites excluding steroid dienone is 6. The SMILES string of the molecule is O=C1C(c2ccc(N(CC3CCCCC3)c3ccccc3)cc2)=C(O)C1C1C=CC(=[N+](CC2CCCCC2)c2ccccc2)C=C1. The second-order valence-corrected chi connectivity index (χ2v) is 13.8. The van der Waals surface area contributed by atoms with Crippen LogP contribution in [-0.4, -0.2) is 34.3 Å². The van der Waals surface area contributed by atoms with E-state index in [-0.39, 0.29) is 17.5 Å². The van der Waals surface area contributed by atoms with E-state index < -0.39 is 5.92 Å². The Morgan fingerprint density at radius 2 is 1.24 bits per heavy atom. The van der Waals surface area contributed by atoms with Gasteiger partial charge in [0, 0.05) is 54.0 Å². The number of aliphatic hydroxyl groups excluding tert-OH is 1. The molecule has 0 aliphatic heterocycles. The van der Waals surface area contributed by atoms with Crippen LogP contribution in [-0.2, 0) is 4.79 Å². The highest BCUT2D eigenvalue weighted by atomic mass is 16.3. The number of hydrogen-bond acceptors (Lipinski definition) is 3. The Kier molecular flexibility index (Phi) is 9.32. The summed E-state index contributed by atoms with van der Waals surface area (Å²) in [5.74, 6) is 0.967. The molecule has 3 aromatic carbocycles. The van der Waals surface area contributed by atoms with Gasteiger partial charge in [0.15, 0.2) is 12.3 Å². The number of nitrogens with zero attached hydrogens (tertiary/aromatic N) is 2. The van der Waals surface area contributed by atoms with E-state index in [9.17, 15) is 9.90 Å². The number of carbonyl (C=O) groups excluding carboxylic acids is 1. The molecule has 46 heavy (non-hydrogen) atoms. The van der Waals surface area contributed by atoms with Crippen molar-refractivity contribution in [2.45, 2.75) is 64.2 Å². The van der Waals surface area contributed by atoms with Crippen molar-refractivity contribution in [3.8, 4) is 0 Å². The van der Waals surface area contributed by atoms with Gasteiger partial charge >= 0.3 is 0 Å². The zero-order valence-corrected chi connectivity index (χ0v) is 26.9. The quantitative estimate of drug-likeness (QED) is 0.245. The second-order valence-electron chi connectivity index (χ2n) is 13.8. The molecule has 4 aliphatic carbocycles. The van der Waals surface area contributed by atoms with E-state index in [0.717, 1.165) is 30.1 Å². The fourth-order valence-corrected chi connectivity index (χ4v) is 8.07. The third-order valence-corrected chi connectivity index (χ3v) is 10.7. The minimum Gasteiger partial charge on any atom is -0.511 e. The van der Waals surface area contributed by atoms with Gasteiger partial charge in [-0.2, -0.15) is 4.58 Å². The van der Waals surface area contributed by atoms with E-state index in [1.807, 2.05) is 12.1 Å². The molecule has 0 aromatic heterocycles. The summed E-state index contributed by atoms with van der Waals surface area (Å²) in [6.45, 7) is 2.01. The molecular weight excluding hydrogens is 564 g/mol. The fraction of sp³-hybridized carbons (Fsp3) is 0.381. The van der Waals surface area contributed by atoms with Crippen LogP contribution in [0.5, 0.6) is 0 Å². The Bertz CT molecular complexity index is 1610. The van der Waals surface area contributed by atoms with Gasteiger partial charge in [0.25, 0.3) is 0 Å². The number of Topliss-reactive ketones (excluding diaryl/α,β-unsaturated/α-hetero) is 1. The largest absolute Gasteiger partial charge is 0.511 e. The molecule has 4 heteroatoms. The van der Waals surface area contributed by atoms with E-state index in [1.54, 1.807) is 0 Å². The van der Waals surface area contributed by atoms with Crippen LogP contribution in [0, 0.1) is 23.7 Å². The molecule has 4 nitrogen and oxygen atoms in total. The molecule has 1 unspecified atom stereocenters. The van der Waals surface area contributed by atoms with Crippen molar-refractivity contribution in [1.82, 2.24) is 0 Å². The second kappa shape index (κ2) is 14.1. The number of ketones is 1. The predicted octanol–water partition coefficient (Wildman–Crippen LogP) is 9.98. The number of carbonyl (C=O) groups is 1. The van der Waals surface area contributed by atoms with Crippen LogP contribution in [0.3, 0.4) is 0 Å². The summed E-state index contributed by atoms with van der Waals surface area (Å²) in [4.78, 5) is 16.0. The third kappa shape index (κ3) is 6.54. The van der Waals surface area contributed by atoms with Gasteiger partial charge in [0.05, 0.1) is 11.5 Å². The zero-order valence-electron chi connectivity index (χ0n) is 26.9. The van der Waals surface area contributed by atoms with Crippen LogP contribution in [0.4, 0.5) is 17.1 Å². The molecule has 0 saturated heterocycles. The smallest absolute Gasteiger partial charge is 0.205 e. The standard InChI is InChI=1S/C42H46N2O2/c45-41-39(33-21-25-37(26-22-33)43(35-17-9-3-10-18-35)29-31-13-5-1-6-14-31)42(46)40(41)34-23-27-38(28-24-34)44(36-19-11-4-12-20-36)30-32-15-7-2-8-16-32/h3-4,9-12,17-28,31-33,39H,1-2,5-8,13-16,29-30H2/p+1. The van der Waals surface area contributed by atoms with Crippen LogP contribution in [0.15, 0.2) is 115 Å². The molecule has 3 aromatic rings. The number of para-hydroxylation sites is 2. The lowest BCUT2D eigenvalue weighted by Gasteiger charge is -2.33. The summed E-state index contributed by atoms with van der Waals surface area (Å²) in [7, 11) is 0. The van der Waals surface area contributed by atoms with E-state index in [0.29, 0.717) is 17.4 Å². The molecule has 0 bridgehead atoms. The van der Waals surface area contributed by atoms with E-state index in [2.05, 4.69) is 107 Å². The van der Waals surface area contributed by atoms with Crippen LogP contribution in [0.2, 0.25) is 0 Å². The molecule has 2 fully saturated rings. The molecule has 0 radical (unpaired) electrons. The summed E-state index contributed by atoms with van der Waals surface area (Å²) >= 11 is 0. The minimum atomic E-state index is -0.514. The molecule has 0 spiro atoms. The highest BCUT2D eigenvalue weighted by molar-refractivity contribution is 6.30. The van der Waals surface area contributed by atoms with Crippen molar-refractivity contribution in [3.63, 3.8) is 0 Å². The molecule has 236 valence electrons. The van der Waals surface area contributed by atoms with Gasteiger partial charge in [-0.05, 0) is 61.4 Å². The predicted molar refractivity (Wildman–Crippen MR) is 189 cm³/mol. The Labute approximate surface area is 274 Å². The molecule has 7 rings (SSSR count). The first kappa shape index (κ1) is 30.5. The Morgan fingerprint density at radius 3 is 1.85 bits per heavy atom. The van der Waals surface area contributed by atoms with Gasteiger partial charge in [-0.3, -0.25) is 4.79 Å². The number of aliphatic hydroxyl groups is 1. The lowest BCUT2D eigenvalue weighted by molar-refractivity contribution is -0.449. The average molecular weight is 612 g/mol. The number of hydrogen-bond donors (Lipinski definition) is 1. The van der Waals surface area contributed by atoms with Crippen molar-refractivity contribution in [2.75, 3.05) is 18.0 Å². The zero-order chi connectivity index (χ0) is 31.3. The van der Waals surface area contributed by atoms with Gasteiger partial charge in [-0.25, -0.2) is 0 Å². The minimum absolute atomic E-state index is 0.0252. The maximum Gasteiger partial charge on any atom is 0.205 e. The average Bonchev–Trinajstić information content (AvgIpc) is 3.12. The van der Waals surface area contributed by atoms with Crippen LogP contribution < -0.4 is 4.90 Å². The topological polar surface area (TPSA) is 43.6 Å². The normalized spacial score (nSPS) is 22.2. The highest BCUT2D eigenvalue weighted by Crippen LogP contribution is 2.43. The van der Waals surface area contributed by atoms with Gasteiger partial charge in [0.2, 0.25) is 11.4 Å². The van der Waals surface area contributed by atoms with E-state index >= 15 is 0 Å². The molecule has 1 atom stereocenters. The summed E-state index contributed by atoms with van der Waals surface area (Å²) in [5.41, 5.74) is 5.94. The van der Waals surface area contributed by atoms with Crippen molar-refractivity contribution in [2.24, 2.45) is 23.7 Å². The monoisotopic (exact) mass is 611 g/mol. The molecule has 1 N–H and O–H groups in total. The van der Waals surface area contributed by atoms with E-state index in [1.165, 1.54) is 75.6 Å². The van der Waals surface area contributed by atoms with Gasteiger partial charge in [0.1, 0.15) is 5.76 Å². The fourth-order valence-electron chi connectivity index (χ4n) is 8.07. The van der Waals surface area contributed by atoms with Crippen LogP contribution in [0.25, 0.3) is 5.57 Å². The summed E-state index contributed by atoms with van der Waals surface area (Å²) in [6.07, 6.45) is 21.6. The van der Waals surface area contributed by atoms with Crippen molar-refractivity contribution < 1.29 is 14.5 Å². The van der Waals surface area contributed by atoms with Gasteiger partial charge < -0.3 is 10.0 Å². The maximum atomic E-state index is 13.6.